The molecular formula is C15H23NO3. The van der Waals surface area contributed by atoms with E-state index in [-0.39, 0.29) is 22.8 Å². The molecule has 0 spiro atoms. The summed E-state index contributed by atoms with van der Waals surface area (Å²) in [6.07, 6.45) is 2.57. The summed E-state index contributed by atoms with van der Waals surface area (Å²) in [5, 5.41) is 12.8. The second-order valence-corrected chi connectivity index (χ2v) is 4.68. The van der Waals surface area contributed by atoms with Crippen LogP contribution in [0.3, 0.4) is 0 Å². The van der Waals surface area contributed by atoms with Crippen LogP contribution in [-0.4, -0.2) is 23.7 Å². The molecule has 2 N–H and O–H groups in total. The molecule has 0 atom stereocenters. The molecule has 19 heavy (non-hydrogen) atoms. The number of amides is 1. The maximum Gasteiger partial charge on any atom is 0.255 e. The summed E-state index contributed by atoms with van der Waals surface area (Å²) in [7, 11) is 1.53. The number of ether oxygens (including phenoxy) is 1. The van der Waals surface area contributed by atoms with Crippen molar-refractivity contribution in [3.63, 3.8) is 0 Å². The van der Waals surface area contributed by atoms with Crippen LogP contribution in [0.2, 0.25) is 0 Å². The lowest BCUT2D eigenvalue weighted by molar-refractivity contribution is 0.0885. The first-order valence-electron chi connectivity index (χ1n) is 6.71. The molecule has 0 fully saturated rings. The van der Waals surface area contributed by atoms with Crippen molar-refractivity contribution in [2.24, 2.45) is 0 Å². The zero-order valence-corrected chi connectivity index (χ0v) is 12.1. The van der Waals surface area contributed by atoms with Crippen molar-refractivity contribution < 1.29 is 14.6 Å². The van der Waals surface area contributed by atoms with Gasteiger partial charge in [-0.1, -0.05) is 20.8 Å². The lowest BCUT2D eigenvalue weighted by Gasteiger charge is -2.31. The predicted octanol–water partition coefficient (Wildman–Crippen LogP) is 3.10. The van der Waals surface area contributed by atoms with E-state index in [1.54, 1.807) is 12.1 Å². The van der Waals surface area contributed by atoms with Gasteiger partial charge in [0, 0.05) is 5.54 Å². The summed E-state index contributed by atoms with van der Waals surface area (Å²) in [6.45, 7) is 6.16. The molecule has 0 aliphatic rings. The van der Waals surface area contributed by atoms with E-state index in [0.29, 0.717) is 5.75 Å². The molecule has 0 aliphatic heterocycles. The van der Waals surface area contributed by atoms with E-state index in [2.05, 4.69) is 26.1 Å². The fourth-order valence-corrected chi connectivity index (χ4v) is 2.15. The molecule has 0 aliphatic carbocycles. The number of rotatable bonds is 6. The number of hydrogen-bond donors (Lipinski definition) is 2. The molecular weight excluding hydrogens is 242 g/mol. The maximum atomic E-state index is 12.3. The third-order valence-electron chi connectivity index (χ3n) is 3.86. The maximum absolute atomic E-state index is 12.3. The first-order valence-corrected chi connectivity index (χ1v) is 6.71. The molecule has 0 radical (unpaired) electrons. The van der Waals surface area contributed by atoms with Crippen LogP contribution >= 0.6 is 0 Å². The van der Waals surface area contributed by atoms with E-state index >= 15 is 0 Å². The second-order valence-electron chi connectivity index (χ2n) is 4.68. The van der Waals surface area contributed by atoms with Crippen LogP contribution in [-0.2, 0) is 0 Å². The normalized spacial score (nSPS) is 11.2. The minimum absolute atomic E-state index is 0.0319. The zero-order valence-electron chi connectivity index (χ0n) is 12.1. The Balaban J connectivity index is 3.00. The van der Waals surface area contributed by atoms with E-state index in [1.807, 2.05) is 0 Å². The smallest absolute Gasteiger partial charge is 0.255 e. The number of carbonyl (C=O) groups excluding carboxylic acids is 1. The van der Waals surface area contributed by atoms with Gasteiger partial charge in [-0.25, -0.2) is 0 Å². The molecule has 0 bridgehead atoms. The van der Waals surface area contributed by atoms with Gasteiger partial charge in [0.25, 0.3) is 5.91 Å². The highest BCUT2D eigenvalue weighted by molar-refractivity contribution is 5.97. The summed E-state index contributed by atoms with van der Waals surface area (Å²) in [5.41, 5.74) is 0.0335. The molecule has 1 aromatic rings. The number of aromatic hydroxyl groups is 1. The highest BCUT2D eigenvalue weighted by atomic mass is 16.5. The number of hydrogen-bond acceptors (Lipinski definition) is 3. The van der Waals surface area contributed by atoms with Crippen LogP contribution in [0.15, 0.2) is 18.2 Å². The van der Waals surface area contributed by atoms with Crippen LogP contribution in [0, 0.1) is 0 Å². The average Bonchev–Trinajstić information content (AvgIpc) is 2.45. The first-order chi connectivity index (χ1) is 9.01. The van der Waals surface area contributed by atoms with Gasteiger partial charge in [0.05, 0.1) is 12.7 Å². The quantitative estimate of drug-likeness (QED) is 0.831. The van der Waals surface area contributed by atoms with Crippen molar-refractivity contribution in [3.8, 4) is 11.5 Å². The van der Waals surface area contributed by atoms with Gasteiger partial charge in [0.1, 0.15) is 11.5 Å². The van der Waals surface area contributed by atoms with Crippen LogP contribution in [0.25, 0.3) is 0 Å². The summed E-state index contributed by atoms with van der Waals surface area (Å²) in [4.78, 5) is 12.3. The standard InChI is InChI=1S/C15H23NO3/c1-5-15(6-2,7-3)16-14(18)12-10-11(19-4)8-9-13(12)17/h8-10,17H,5-7H2,1-4H3,(H,16,18). The SMILES string of the molecule is CCC(CC)(CC)NC(=O)c1cc(OC)ccc1O. The van der Waals surface area contributed by atoms with Crippen molar-refractivity contribution >= 4 is 5.91 Å². The summed E-state index contributed by atoms with van der Waals surface area (Å²) in [6, 6.07) is 4.65. The Morgan fingerprint density at radius 3 is 2.32 bits per heavy atom. The second kappa shape index (κ2) is 6.45. The fraction of sp³-hybridized carbons (Fsp3) is 0.533. The van der Waals surface area contributed by atoms with Crippen LogP contribution < -0.4 is 10.1 Å². The molecule has 4 heteroatoms. The largest absolute Gasteiger partial charge is 0.507 e. The summed E-state index contributed by atoms with van der Waals surface area (Å²) >= 11 is 0. The number of phenols is 1. The van der Waals surface area contributed by atoms with Crippen molar-refractivity contribution in [1.29, 1.82) is 0 Å². The molecule has 1 amide bonds. The average molecular weight is 265 g/mol. The third-order valence-corrected chi connectivity index (χ3v) is 3.86. The van der Waals surface area contributed by atoms with Crippen molar-refractivity contribution in [1.82, 2.24) is 5.32 Å². The molecule has 0 heterocycles. The lowest BCUT2D eigenvalue weighted by atomic mass is 9.89. The van der Waals surface area contributed by atoms with Gasteiger partial charge in [0.15, 0.2) is 0 Å². The number of phenolic OH excluding ortho intramolecular Hbond substituents is 1. The van der Waals surface area contributed by atoms with Gasteiger partial charge in [-0.2, -0.15) is 0 Å². The summed E-state index contributed by atoms with van der Waals surface area (Å²) < 4.78 is 5.08. The van der Waals surface area contributed by atoms with Gasteiger partial charge >= 0.3 is 0 Å². The third kappa shape index (κ3) is 3.40. The van der Waals surface area contributed by atoms with Crippen LogP contribution in [0.1, 0.15) is 50.4 Å². The molecule has 4 nitrogen and oxygen atoms in total. The fourth-order valence-electron chi connectivity index (χ4n) is 2.15. The Bertz CT molecular complexity index is 431. The molecule has 1 aromatic carbocycles. The first kappa shape index (κ1) is 15.3. The van der Waals surface area contributed by atoms with E-state index in [4.69, 9.17) is 4.74 Å². The van der Waals surface area contributed by atoms with E-state index in [9.17, 15) is 9.90 Å². The number of methoxy groups -OCH3 is 1. The van der Waals surface area contributed by atoms with Gasteiger partial charge in [-0.05, 0) is 37.5 Å². The van der Waals surface area contributed by atoms with E-state index < -0.39 is 0 Å². The Morgan fingerprint density at radius 2 is 1.84 bits per heavy atom. The Labute approximate surface area is 114 Å². The molecule has 0 aromatic heterocycles. The van der Waals surface area contributed by atoms with Gasteiger partial charge in [-0.3, -0.25) is 4.79 Å². The minimum atomic E-state index is -0.262. The van der Waals surface area contributed by atoms with Gasteiger partial charge < -0.3 is 15.2 Å². The number of nitrogens with one attached hydrogen (secondary N) is 1. The zero-order chi connectivity index (χ0) is 14.5. The minimum Gasteiger partial charge on any atom is -0.507 e. The highest BCUT2D eigenvalue weighted by Gasteiger charge is 2.27. The van der Waals surface area contributed by atoms with Crippen molar-refractivity contribution in [2.45, 2.75) is 45.6 Å². The van der Waals surface area contributed by atoms with Crippen LogP contribution in [0.4, 0.5) is 0 Å². The molecule has 0 saturated heterocycles. The topological polar surface area (TPSA) is 58.6 Å². The number of benzene rings is 1. The van der Waals surface area contributed by atoms with E-state index in [0.717, 1.165) is 19.3 Å². The monoisotopic (exact) mass is 265 g/mol. The molecule has 0 saturated carbocycles. The Kier molecular flexibility index (Phi) is 5.21. The van der Waals surface area contributed by atoms with Gasteiger partial charge in [0.2, 0.25) is 0 Å². The Morgan fingerprint density at radius 1 is 1.26 bits per heavy atom. The lowest BCUT2D eigenvalue weighted by Crippen LogP contribution is -2.47. The summed E-state index contributed by atoms with van der Waals surface area (Å²) in [5.74, 6) is 0.260. The number of carbonyl (C=O) groups is 1. The molecule has 0 unspecified atom stereocenters. The molecule has 1 rings (SSSR count). The highest BCUT2D eigenvalue weighted by Crippen LogP contribution is 2.25. The van der Waals surface area contributed by atoms with Gasteiger partial charge in [-0.15, -0.1) is 0 Å². The molecule has 106 valence electrons. The van der Waals surface area contributed by atoms with Crippen LogP contribution in [0.5, 0.6) is 11.5 Å². The van der Waals surface area contributed by atoms with Crippen molar-refractivity contribution in [3.05, 3.63) is 23.8 Å². The predicted molar refractivity (Wildman–Crippen MR) is 75.7 cm³/mol. The van der Waals surface area contributed by atoms with E-state index in [1.165, 1.54) is 13.2 Å². The van der Waals surface area contributed by atoms with Crippen molar-refractivity contribution in [2.75, 3.05) is 7.11 Å². The Hall–Kier alpha value is -1.71.